The van der Waals surface area contributed by atoms with Crippen LogP contribution in [0.4, 0.5) is 0 Å². The summed E-state index contributed by atoms with van der Waals surface area (Å²) in [5.41, 5.74) is 1.19. The molecule has 1 unspecified atom stereocenters. The van der Waals surface area contributed by atoms with Gasteiger partial charge in [0.25, 0.3) is 0 Å². The van der Waals surface area contributed by atoms with Crippen molar-refractivity contribution < 1.29 is 0 Å². The highest BCUT2D eigenvalue weighted by Gasteiger charge is 2.15. The zero-order valence-corrected chi connectivity index (χ0v) is 10.0. The molecule has 1 rings (SSSR count). The normalized spacial score (nSPS) is 13.1. The Labute approximate surface area is 90.1 Å². The van der Waals surface area contributed by atoms with E-state index in [1.54, 1.807) is 0 Å². The van der Waals surface area contributed by atoms with Crippen LogP contribution < -0.4 is 5.32 Å². The predicted molar refractivity (Wildman–Crippen MR) is 60.6 cm³/mol. The molecule has 1 heterocycles. The molecular weight excluding hydrogens is 194 g/mol. The summed E-state index contributed by atoms with van der Waals surface area (Å²) in [6.07, 6.45) is 4.54. The van der Waals surface area contributed by atoms with Gasteiger partial charge in [0.05, 0.1) is 10.6 Å². The van der Waals surface area contributed by atoms with Gasteiger partial charge in [0.1, 0.15) is 0 Å². The van der Waals surface area contributed by atoms with Crippen LogP contribution in [0, 0.1) is 0 Å². The Morgan fingerprint density at radius 3 is 2.71 bits per heavy atom. The van der Waals surface area contributed by atoms with E-state index in [0.717, 1.165) is 19.3 Å². The van der Waals surface area contributed by atoms with Gasteiger partial charge in [-0.1, -0.05) is 31.2 Å². The van der Waals surface area contributed by atoms with Crippen LogP contribution in [0.3, 0.4) is 0 Å². The van der Waals surface area contributed by atoms with Crippen molar-refractivity contribution in [2.45, 2.75) is 45.6 Å². The lowest BCUT2D eigenvalue weighted by Gasteiger charge is -2.13. The van der Waals surface area contributed by atoms with Gasteiger partial charge in [0, 0.05) is 6.04 Å². The van der Waals surface area contributed by atoms with Gasteiger partial charge in [0.15, 0.2) is 0 Å². The maximum atomic E-state index is 4.19. The third kappa shape index (κ3) is 2.75. The van der Waals surface area contributed by atoms with Crippen LogP contribution >= 0.6 is 11.5 Å². The summed E-state index contributed by atoms with van der Waals surface area (Å²) < 4.78 is 4.04. The van der Waals surface area contributed by atoms with Crippen LogP contribution in [0.15, 0.2) is 0 Å². The summed E-state index contributed by atoms with van der Waals surface area (Å²) >= 11 is 1.54. The average molecular weight is 213 g/mol. The summed E-state index contributed by atoms with van der Waals surface area (Å²) in [5, 5.41) is 7.52. The fourth-order valence-electron chi connectivity index (χ4n) is 1.59. The molecule has 0 aromatic carbocycles. The molecule has 1 aromatic heterocycles. The van der Waals surface area contributed by atoms with Crippen LogP contribution in [0.25, 0.3) is 0 Å². The second-order valence-corrected chi connectivity index (χ2v) is 4.25. The Bertz CT molecular complexity index is 260. The molecular formula is C10H19N3S. The van der Waals surface area contributed by atoms with Gasteiger partial charge in [-0.2, -0.15) is 0 Å². The van der Waals surface area contributed by atoms with Crippen molar-refractivity contribution in [3.05, 3.63) is 10.6 Å². The summed E-state index contributed by atoms with van der Waals surface area (Å²) in [6.45, 7) is 4.38. The van der Waals surface area contributed by atoms with Gasteiger partial charge >= 0.3 is 0 Å². The second kappa shape index (κ2) is 6.09. The number of hydrogen-bond donors (Lipinski definition) is 1. The van der Waals surface area contributed by atoms with E-state index in [1.165, 1.54) is 28.5 Å². The minimum atomic E-state index is 0.446. The van der Waals surface area contributed by atoms with Crippen molar-refractivity contribution in [2.24, 2.45) is 0 Å². The van der Waals surface area contributed by atoms with E-state index in [0.29, 0.717) is 6.04 Å². The average Bonchev–Trinajstić information content (AvgIpc) is 2.63. The number of nitrogens with zero attached hydrogens (tertiary/aromatic N) is 2. The van der Waals surface area contributed by atoms with Gasteiger partial charge in [-0.25, -0.2) is 0 Å². The first kappa shape index (κ1) is 11.6. The third-order valence-corrected chi connectivity index (χ3v) is 3.19. The third-order valence-electron chi connectivity index (χ3n) is 2.31. The van der Waals surface area contributed by atoms with Crippen molar-refractivity contribution in [3.63, 3.8) is 0 Å². The predicted octanol–water partition coefficient (Wildman–Crippen LogP) is 2.55. The Kier molecular flexibility index (Phi) is 5.04. The SMILES string of the molecule is CCCc1nnsc1C(CCC)NC. The summed E-state index contributed by atoms with van der Waals surface area (Å²) in [5.74, 6) is 0. The van der Waals surface area contributed by atoms with Crippen LogP contribution in [-0.2, 0) is 6.42 Å². The van der Waals surface area contributed by atoms with E-state index in [4.69, 9.17) is 0 Å². The highest BCUT2D eigenvalue weighted by molar-refractivity contribution is 7.05. The highest BCUT2D eigenvalue weighted by atomic mass is 32.1. The molecule has 0 fully saturated rings. The maximum Gasteiger partial charge on any atom is 0.0803 e. The first-order chi connectivity index (χ1) is 6.83. The highest BCUT2D eigenvalue weighted by Crippen LogP contribution is 2.24. The molecule has 0 saturated carbocycles. The van der Waals surface area contributed by atoms with E-state index in [1.807, 2.05) is 7.05 Å². The number of nitrogens with one attached hydrogen (secondary N) is 1. The van der Waals surface area contributed by atoms with Crippen LogP contribution in [0.5, 0.6) is 0 Å². The van der Waals surface area contributed by atoms with E-state index < -0.39 is 0 Å². The Morgan fingerprint density at radius 1 is 1.36 bits per heavy atom. The van der Waals surface area contributed by atoms with E-state index in [2.05, 4.69) is 28.8 Å². The van der Waals surface area contributed by atoms with Crippen molar-refractivity contribution in [2.75, 3.05) is 7.05 Å². The fourth-order valence-corrected chi connectivity index (χ4v) is 2.42. The van der Waals surface area contributed by atoms with Crippen molar-refractivity contribution >= 4 is 11.5 Å². The largest absolute Gasteiger partial charge is 0.312 e. The standard InChI is InChI=1S/C10H19N3S/c1-4-6-8(11-3)10-9(7-5-2)12-13-14-10/h8,11H,4-7H2,1-3H3. The lowest BCUT2D eigenvalue weighted by atomic mass is 10.1. The summed E-state index contributed by atoms with van der Waals surface area (Å²) in [4.78, 5) is 1.33. The summed E-state index contributed by atoms with van der Waals surface area (Å²) in [7, 11) is 2.01. The van der Waals surface area contributed by atoms with Crippen LogP contribution in [0.1, 0.15) is 49.7 Å². The molecule has 0 aliphatic rings. The molecule has 0 saturated heterocycles. The number of rotatable bonds is 6. The van der Waals surface area contributed by atoms with Crippen LogP contribution in [0.2, 0.25) is 0 Å². The molecule has 4 heteroatoms. The van der Waals surface area contributed by atoms with E-state index >= 15 is 0 Å². The molecule has 3 nitrogen and oxygen atoms in total. The molecule has 0 aliphatic heterocycles. The monoisotopic (exact) mass is 213 g/mol. The molecule has 1 atom stereocenters. The van der Waals surface area contributed by atoms with E-state index in [-0.39, 0.29) is 0 Å². The molecule has 80 valence electrons. The second-order valence-electron chi connectivity index (χ2n) is 3.46. The fraction of sp³-hybridized carbons (Fsp3) is 0.800. The molecule has 0 amide bonds. The molecule has 0 bridgehead atoms. The molecule has 1 N–H and O–H groups in total. The van der Waals surface area contributed by atoms with Crippen LogP contribution in [-0.4, -0.2) is 16.6 Å². The summed E-state index contributed by atoms with van der Waals surface area (Å²) in [6, 6.07) is 0.446. The number of hydrogen-bond acceptors (Lipinski definition) is 4. The lowest BCUT2D eigenvalue weighted by molar-refractivity contribution is 0.544. The topological polar surface area (TPSA) is 37.8 Å². The van der Waals surface area contributed by atoms with Crippen molar-refractivity contribution in [3.8, 4) is 0 Å². The van der Waals surface area contributed by atoms with E-state index in [9.17, 15) is 0 Å². The van der Waals surface area contributed by atoms with Crippen molar-refractivity contribution in [1.82, 2.24) is 14.9 Å². The van der Waals surface area contributed by atoms with Gasteiger partial charge < -0.3 is 5.32 Å². The van der Waals surface area contributed by atoms with Gasteiger partial charge in [-0.3, -0.25) is 0 Å². The minimum Gasteiger partial charge on any atom is -0.312 e. The Hall–Kier alpha value is -0.480. The minimum absolute atomic E-state index is 0.446. The number of aryl methyl sites for hydroxylation is 1. The van der Waals surface area contributed by atoms with Gasteiger partial charge in [0.2, 0.25) is 0 Å². The quantitative estimate of drug-likeness (QED) is 0.789. The molecule has 14 heavy (non-hydrogen) atoms. The Balaban J connectivity index is 2.74. The molecule has 0 spiro atoms. The lowest BCUT2D eigenvalue weighted by Crippen LogP contribution is -2.16. The van der Waals surface area contributed by atoms with Crippen molar-refractivity contribution in [1.29, 1.82) is 0 Å². The smallest absolute Gasteiger partial charge is 0.0803 e. The van der Waals surface area contributed by atoms with Gasteiger partial charge in [-0.05, 0) is 31.4 Å². The molecule has 0 radical (unpaired) electrons. The maximum absolute atomic E-state index is 4.19. The first-order valence-corrected chi connectivity index (χ1v) is 6.09. The Morgan fingerprint density at radius 2 is 2.14 bits per heavy atom. The van der Waals surface area contributed by atoms with Gasteiger partial charge in [-0.15, -0.1) is 5.10 Å². The number of aromatic nitrogens is 2. The zero-order valence-electron chi connectivity index (χ0n) is 9.21. The molecule has 0 aliphatic carbocycles. The zero-order chi connectivity index (χ0) is 10.4. The molecule has 1 aromatic rings. The first-order valence-electron chi connectivity index (χ1n) is 5.31.